The monoisotopic (exact) mass is 360 g/mol. The topological polar surface area (TPSA) is 81.9 Å². The molecule has 1 amide bonds. The zero-order valence-electron chi connectivity index (χ0n) is 11.9. The van der Waals surface area contributed by atoms with Crippen LogP contribution >= 0.6 is 15.9 Å². The van der Waals surface area contributed by atoms with Crippen LogP contribution in [0.5, 0.6) is 5.75 Å². The van der Waals surface area contributed by atoms with E-state index in [9.17, 15) is 14.9 Å². The van der Waals surface area contributed by atoms with E-state index in [4.69, 9.17) is 9.47 Å². The average Bonchev–Trinajstić information content (AvgIpc) is 2.50. The van der Waals surface area contributed by atoms with Crippen LogP contribution in [0.15, 0.2) is 18.2 Å². The van der Waals surface area contributed by atoms with E-state index in [1.807, 2.05) is 0 Å². The Bertz CT molecular complexity index is 509. The Balaban J connectivity index is 3.04. The van der Waals surface area contributed by atoms with Gasteiger partial charge in [-0.25, -0.2) is 0 Å². The van der Waals surface area contributed by atoms with Gasteiger partial charge in [0.2, 0.25) is 0 Å². The van der Waals surface area contributed by atoms with E-state index in [1.165, 1.54) is 25.3 Å². The van der Waals surface area contributed by atoms with E-state index >= 15 is 0 Å². The van der Waals surface area contributed by atoms with Gasteiger partial charge in [-0.1, -0.05) is 15.9 Å². The quantitative estimate of drug-likeness (QED) is 0.402. The van der Waals surface area contributed by atoms with Crippen molar-refractivity contribution in [2.24, 2.45) is 0 Å². The number of nitro groups is 1. The number of amides is 1. The highest BCUT2D eigenvalue weighted by molar-refractivity contribution is 9.09. The number of halogens is 1. The van der Waals surface area contributed by atoms with Crippen LogP contribution in [-0.4, -0.2) is 55.0 Å². The van der Waals surface area contributed by atoms with E-state index in [1.54, 1.807) is 12.0 Å². The molecule has 0 bridgehead atoms. The van der Waals surface area contributed by atoms with Gasteiger partial charge in [0.05, 0.1) is 18.6 Å². The summed E-state index contributed by atoms with van der Waals surface area (Å²) in [4.78, 5) is 24.4. The van der Waals surface area contributed by atoms with Crippen molar-refractivity contribution in [1.29, 1.82) is 0 Å². The van der Waals surface area contributed by atoms with Crippen LogP contribution in [0.1, 0.15) is 10.4 Å². The van der Waals surface area contributed by atoms with Crippen LogP contribution in [0, 0.1) is 10.1 Å². The van der Waals surface area contributed by atoms with E-state index in [2.05, 4.69) is 15.9 Å². The van der Waals surface area contributed by atoms with Gasteiger partial charge in [0.1, 0.15) is 0 Å². The average molecular weight is 361 g/mol. The number of carbonyl (C=O) groups excluding carboxylic acids is 1. The Morgan fingerprint density at radius 2 is 2.10 bits per heavy atom. The molecule has 0 spiro atoms. The lowest BCUT2D eigenvalue weighted by Gasteiger charge is -2.21. The summed E-state index contributed by atoms with van der Waals surface area (Å²) < 4.78 is 9.89. The van der Waals surface area contributed by atoms with Crippen molar-refractivity contribution in [1.82, 2.24) is 4.90 Å². The molecule has 0 aliphatic rings. The molecule has 116 valence electrons. The normalized spacial score (nSPS) is 10.2. The second kappa shape index (κ2) is 8.58. The second-order valence-electron chi connectivity index (χ2n) is 4.12. The maximum atomic E-state index is 12.4. The molecule has 0 N–H and O–H groups in total. The van der Waals surface area contributed by atoms with Crippen molar-refractivity contribution in [3.63, 3.8) is 0 Å². The molecule has 7 nitrogen and oxygen atoms in total. The Kier molecular flexibility index (Phi) is 7.10. The molecular weight excluding hydrogens is 344 g/mol. The predicted octanol–water partition coefficient (Wildman–Crippen LogP) is 2.09. The van der Waals surface area contributed by atoms with Gasteiger partial charge in [-0.2, -0.15) is 0 Å². The molecule has 0 atom stereocenters. The lowest BCUT2D eigenvalue weighted by atomic mass is 10.1. The lowest BCUT2D eigenvalue weighted by Crippen LogP contribution is -2.35. The summed E-state index contributed by atoms with van der Waals surface area (Å²) in [6.07, 6.45) is 0. The molecule has 0 aromatic heterocycles. The number of nitrogens with zero attached hydrogens (tertiary/aromatic N) is 2. The Morgan fingerprint density at radius 3 is 2.62 bits per heavy atom. The number of methoxy groups -OCH3 is 2. The number of carbonyl (C=O) groups is 1. The first-order chi connectivity index (χ1) is 10.0. The molecule has 1 aromatic rings. The number of ether oxygens (including phenoxy) is 2. The molecular formula is C13H17BrN2O5. The van der Waals surface area contributed by atoms with Crippen molar-refractivity contribution in [2.75, 3.05) is 39.2 Å². The lowest BCUT2D eigenvalue weighted by molar-refractivity contribution is -0.385. The van der Waals surface area contributed by atoms with Crippen LogP contribution in [0.25, 0.3) is 0 Å². The highest BCUT2D eigenvalue weighted by atomic mass is 79.9. The van der Waals surface area contributed by atoms with E-state index in [-0.39, 0.29) is 22.9 Å². The fraction of sp³-hybridized carbons (Fsp3) is 0.462. The van der Waals surface area contributed by atoms with Crippen LogP contribution in [0.2, 0.25) is 0 Å². The molecule has 0 unspecified atom stereocenters. The molecule has 0 saturated carbocycles. The molecule has 0 heterocycles. The Labute approximate surface area is 131 Å². The fourth-order valence-electron chi connectivity index (χ4n) is 1.77. The molecule has 0 aliphatic carbocycles. The summed E-state index contributed by atoms with van der Waals surface area (Å²) in [5.41, 5.74) is 0.0217. The third-order valence-electron chi connectivity index (χ3n) is 2.83. The van der Waals surface area contributed by atoms with E-state index < -0.39 is 4.92 Å². The summed E-state index contributed by atoms with van der Waals surface area (Å²) in [5, 5.41) is 11.6. The first-order valence-electron chi connectivity index (χ1n) is 6.21. The van der Waals surface area contributed by atoms with Gasteiger partial charge in [0.15, 0.2) is 5.75 Å². The largest absolute Gasteiger partial charge is 0.490 e. The summed E-state index contributed by atoms with van der Waals surface area (Å²) in [6.45, 7) is 1.31. The minimum atomic E-state index is -0.570. The SMILES string of the molecule is COCCN(CCBr)C(=O)c1ccc(OC)c([N+](=O)[O-])c1. The van der Waals surface area contributed by atoms with Gasteiger partial charge < -0.3 is 14.4 Å². The molecule has 0 aliphatic heterocycles. The molecule has 0 fully saturated rings. The van der Waals surface area contributed by atoms with Gasteiger partial charge in [-0.15, -0.1) is 0 Å². The number of nitro benzene ring substituents is 1. The number of hydrogen-bond acceptors (Lipinski definition) is 5. The predicted molar refractivity (Wildman–Crippen MR) is 81.2 cm³/mol. The summed E-state index contributed by atoms with van der Waals surface area (Å²) >= 11 is 3.28. The number of hydrogen-bond donors (Lipinski definition) is 0. The van der Waals surface area contributed by atoms with E-state index in [0.29, 0.717) is 25.0 Å². The zero-order valence-corrected chi connectivity index (χ0v) is 13.5. The maximum absolute atomic E-state index is 12.4. The molecule has 8 heteroatoms. The number of rotatable bonds is 8. The van der Waals surface area contributed by atoms with Crippen molar-refractivity contribution in [3.8, 4) is 5.75 Å². The van der Waals surface area contributed by atoms with Crippen molar-refractivity contribution in [3.05, 3.63) is 33.9 Å². The van der Waals surface area contributed by atoms with Gasteiger partial charge in [0.25, 0.3) is 5.91 Å². The Hall–Kier alpha value is -1.67. The highest BCUT2D eigenvalue weighted by Gasteiger charge is 2.21. The van der Waals surface area contributed by atoms with Crippen LogP contribution in [0.3, 0.4) is 0 Å². The Morgan fingerprint density at radius 1 is 1.38 bits per heavy atom. The van der Waals surface area contributed by atoms with Crippen molar-refractivity contribution >= 4 is 27.5 Å². The molecule has 1 rings (SSSR count). The van der Waals surface area contributed by atoms with Gasteiger partial charge >= 0.3 is 5.69 Å². The van der Waals surface area contributed by atoms with Gasteiger partial charge in [0, 0.05) is 37.2 Å². The fourth-order valence-corrected chi connectivity index (χ4v) is 2.19. The summed E-state index contributed by atoms with van der Waals surface area (Å²) in [5.74, 6) is -0.155. The van der Waals surface area contributed by atoms with Crippen LogP contribution < -0.4 is 4.74 Å². The second-order valence-corrected chi connectivity index (χ2v) is 4.91. The third-order valence-corrected chi connectivity index (χ3v) is 3.18. The molecule has 0 radical (unpaired) electrons. The third kappa shape index (κ3) is 4.68. The smallest absolute Gasteiger partial charge is 0.311 e. The van der Waals surface area contributed by atoms with E-state index in [0.717, 1.165) is 0 Å². The van der Waals surface area contributed by atoms with Crippen LogP contribution in [0.4, 0.5) is 5.69 Å². The standard InChI is InChI=1S/C13H17BrN2O5/c1-20-8-7-15(6-5-14)13(17)10-3-4-12(21-2)11(9-10)16(18)19/h3-4,9H,5-8H2,1-2H3. The number of alkyl halides is 1. The molecule has 0 saturated heterocycles. The molecule has 1 aromatic carbocycles. The van der Waals surface area contributed by atoms with Gasteiger partial charge in [-0.05, 0) is 12.1 Å². The maximum Gasteiger partial charge on any atom is 0.311 e. The summed E-state index contributed by atoms with van der Waals surface area (Å²) in [7, 11) is 2.90. The van der Waals surface area contributed by atoms with Gasteiger partial charge in [-0.3, -0.25) is 14.9 Å². The van der Waals surface area contributed by atoms with Crippen molar-refractivity contribution in [2.45, 2.75) is 0 Å². The van der Waals surface area contributed by atoms with Crippen molar-refractivity contribution < 1.29 is 19.2 Å². The summed E-state index contributed by atoms with van der Waals surface area (Å²) in [6, 6.07) is 4.17. The molecule has 21 heavy (non-hydrogen) atoms. The number of benzene rings is 1. The van der Waals surface area contributed by atoms with Crippen LogP contribution in [-0.2, 0) is 4.74 Å². The first kappa shape index (κ1) is 17.4. The first-order valence-corrected chi connectivity index (χ1v) is 7.34. The highest BCUT2D eigenvalue weighted by Crippen LogP contribution is 2.28. The zero-order chi connectivity index (χ0) is 15.8. The minimum absolute atomic E-state index is 0.125. The minimum Gasteiger partial charge on any atom is -0.490 e.